The molecule has 0 aliphatic carbocycles. The molecule has 3 heterocycles. The van der Waals surface area contributed by atoms with Crippen LogP contribution in [0.3, 0.4) is 0 Å². The van der Waals surface area contributed by atoms with E-state index >= 15 is 0 Å². The Morgan fingerprint density at radius 1 is 1.10 bits per heavy atom. The van der Waals surface area contributed by atoms with Crippen LogP contribution in [-0.4, -0.2) is 51.9 Å². The van der Waals surface area contributed by atoms with Crippen LogP contribution < -0.4 is 15.6 Å². The van der Waals surface area contributed by atoms with E-state index in [9.17, 15) is 14.9 Å². The summed E-state index contributed by atoms with van der Waals surface area (Å²) in [7, 11) is 1.26. The van der Waals surface area contributed by atoms with E-state index in [1.807, 2.05) is 30.3 Å². The summed E-state index contributed by atoms with van der Waals surface area (Å²) in [5.41, 5.74) is 3.27. The third-order valence-electron chi connectivity index (χ3n) is 6.06. The highest BCUT2D eigenvalue weighted by atomic mass is 16.7. The standard InChI is InChI=1S/C28H24N6O5/c1-37-28(36)39-25-12-22(14-30-25)38-23-15-31-27(32-16-23)21-7-3-5-19(11-21)17-34-26(35)9-8-24(33-34)20-6-2-4-18(10-20)13-29/h2-11,15-16,22,25,30H,12,14,17H2,1H3/t22-,25-/m0/s1. The summed E-state index contributed by atoms with van der Waals surface area (Å²) in [6.45, 7) is 0.757. The number of rotatable bonds is 7. The van der Waals surface area contributed by atoms with Crippen molar-refractivity contribution in [2.24, 2.45) is 0 Å². The molecule has 1 aliphatic heterocycles. The molecule has 196 valence electrons. The van der Waals surface area contributed by atoms with Crippen molar-refractivity contribution in [1.82, 2.24) is 25.1 Å². The fourth-order valence-corrected chi connectivity index (χ4v) is 4.18. The van der Waals surface area contributed by atoms with Gasteiger partial charge in [-0.05, 0) is 29.8 Å². The molecule has 2 aromatic heterocycles. The van der Waals surface area contributed by atoms with Crippen molar-refractivity contribution >= 4 is 6.16 Å². The van der Waals surface area contributed by atoms with E-state index in [0.717, 1.165) is 16.7 Å². The molecule has 1 saturated heterocycles. The molecule has 11 nitrogen and oxygen atoms in total. The number of methoxy groups -OCH3 is 1. The van der Waals surface area contributed by atoms with Crippen LogP contribution >= 0.6 is 0 Å². The monoisotopic (exact) mass is 524 g/mol. The predicted molar refractivity (Wildman–Crippen MR) is 140 cm³/mol. The van der Waals surface area contributed by atoms with Crippen molar-refractivity contribution in [2.75, 3.05) is 13.7 Å². The second-order valence-electron chi connectivity index (χ2n) is 8.79. The SMILES string of the molecule is COC(=O)O[C@H]1C[C@H](Oc2cnc(-c3cccc(Cn4nc(-c5cccc(C#N)c5)ccc4=O)c3)nc2)CN1. The Balaban J connectivity index is 1.27. The molecule has 2 atom stereocenters. The summed E-state index contributed by atoms with van der Waals surface area (Å²) in [4.78, 5) is 32.7. The van der Waals surface area contributed by atoms with Crippen LogP contribution in [0.4, 0.5) is 4.79 Å². The predicted octanol–water partition coefficient (Wildman–Crippen LogP) is 3.14. The minimum atomic E-state index is -0.748. The average molecular weight is 525 g/mol. The molecular weight excluding hydrogens is 500 g/mol. The number of hydrogen-bond donors (Lipinski definition) is 1. The Morgan fingerprint density at radius 2 is 1.90 bits per heavy atom. The van der Waals surface area contributed by atoms with Crippen LogP contribution in [0.5, 0.6) is 5.75 Å². The first-order valence-corrected chi connectivity index (χ1v) is 12.2. The first-order valence-electron chi connectivity index (χ1n) is 12.2. The molecule has 0 spiro atoms. The maximum atomic E-state index is 12.5. The van der Waals surface area contributed by atoms with Crippen molar-refractivity contribution in [1.29, 1.82) is 5.26 Å². The Morgan fingerprint density at radius 3 is 2.69 bits per heavy atom. The summed E-state index contributed by atoms with van der Waals surface area (Å²) in [6, 6.07) is 19.9. The van der Waals surface area contributed by atoms with Gasteiger partial charge >= 0.3 is 6.16 Å². The van der Waals surface area contributed by atoms with Crippen molar-refractivity contribution < 1.29 is 19.0 Å². The van der Waals surface area contributed by atoms with Crippen LogP contribution in [0.25, 0.3) is 22.6 Å². The van der Waals surface area contributed by atoms with Gasteiger partial charge in [0, 0.05) is 30.2 Å². The van der Waals surface area contributed by atoms with Crippen molar-refractivity contribution in [2.45, 2.75) is 25.3 Å². The zero-order chi connectivity index (χ0) is 27.2. The smallest absolute Gasteiger partial charge is 0.486 e. The Bertz CT molecular complexity index is 1580. The lowest BCUT2D eigenvalue weighted by Crippen LogP contribution is -2.27. The van der Waals surface area contributed by atoms with Gasteiger partial charge in [0.2, 0.25) is 0 Å². The number of carbonyl (C=O) groups excluding carboxylic acids is 1. The normalized spacial score (nSPS) is 16.3. The van der Waals surface area contributed by atoms with E-state index in [4.69, 9.17) is 9.47 Å². The first-order chi connectivity index (χ1) is 19.0. The summed E-state index contributed by atoms with van der Waals surface area (Å²) in [6.07, 6.45) is 2.22. The summed E-state index contributed by atoms with van der Waals surface area (Å²) in [5, 5.41) is 16.7. The lowest BCUT2D eigenvalue weighted by atomic mass is 10.1. The molecule has 0 radical (unpaired) electrons. The van der Waals surface area contributed by atoms with Gasteiger partial charge in [-0.2, -0.15) is 10.4 Å². The summed E-state index contributed by atoms with van der Waals surface area (Å²) < 4.78 is 16.9. The molecule has 0 saturated carbocycles. The first kappa shape index (κ1) is 25.6. The molecule has 1 aliphatic rings. The van der Waals surface area contributed by atoms with Gasteiger partial charge in [-0.3, -0.25) is 10.1 Å². The summed E-state index contributed by atoms with van der Waals surface area (Å²) in [5.74, 6) is 0.997. The number of nitriles is 1. The molecule has 5 rings (SSSR count). The fraction of sp³-hybridized carbons (Fsp3) is 0.214. The van der Waals surface area contributed by atoms with E-state index in [2.05, 4.69) is 31.2 Å². The number of ether oxygens (including phenoxy) is 3. The second kappa shape index (κ2) is 11.5. The zero-order valence-corrected chi connectivity index (χ0v) is 21.0. The van der Waals surface area contributed by atoms with Crippen molar-refractivity contribution in [3.8, 4) is 34.5 Å². The van der Waals surface area contributed by atoms with Gasteiger partial charge in [0.25, 0.3) is 5.56 Å². The number of carbonyl (C=O) groups is 1. The van der Waals surface area contributed by atoms with Gasteiger partial charge in [0.05, 0.1) is 43.4 Å². The van der Waals surface area contributed by atoms with E-state index in [-0.39, 0.29) is 18.2 Å². The zero-order valence-electron chi connectivity index (χ0n) is 21.0. The third kappa shape index (κ3) is 6.26. The molecule has 39 heavy (non-hydrogen) atoms. The molecule has 11 heteroatoms. The van der Waals surface area contributed by atoms with Crippen LogP contribution in [0.2, 0.25) is 0 Å². The maximum Gasteiger partial charge on any atom is 0.509 e. The van der Waals surface area contributed by atoms with Crippen LogP contribution in [0.1, 0.15) is 17.5 Å². The summed E-state index contributed by atoms with van der Waals surface area (Å²) >= 11 is 0. The van der Waals surface area contributed by atoms with E-state index in [1.165, 1.54) is 17.9 Å². The number of hydrogen-bond acceptors (Lipinski definition) is 10. The Labute approximate surface area is 223 Å². The highest BCUT2D eigenvalue weighted by Gasteiger charge is 2.28. The second-order valence-corrected chi connectivity index (χ2v) is 8.79. The van der Waals surface area contributed by atoms with Crippen molar-refractivity contribution in [3.05, 3.63) is 94.5 Å². The Kier molecular flexibility index (Phi) is 7.56. The molecule has 4 aromatic rings. The number of nitrogens with zero attached hydrogens (tertiary/aromatic N) is 5. The molecule has 0 amide bonds. The highest BCUT2D eigenvalue weighted by molar-refractivity contribution is 5.61. The third-order valence-corrected chi connectivity index (χ3v) is 6.06. The minimum absolute atomic E-state index is 0.207. The van der Waals surface area contributed by atoms with Gasteiger partial charge in [-0.15, -0.1) is 0 Å². The quantitative estimate of drug-likeness (QED) is 0.358. The Hall–Kier alpha value is -5.08. The van der Waals surface area contributed by atoms with Gasteiger partial charge in [-0.1, -0.05) is 30.3 Å². The number of aromatic nitrogens is 4. The van der Waals surface area contributed by atoms with E-state index < -0.39 is 12.4 Å². The fourth-order valence-electron chi connectivity index (χ4n) is 4.18. The molecule has 1 N–H and O–H groups in total. The maximum absolute atomic E-state index is 12.5. The number of benzene rings is 2. The lowest BCUT2D eigenvalue weighted by Gasteiger charge is -2.13. The van der Waals surface area contributed by atoms with Crippen LogP contribution in [-0.2, 0) is 16.0 Å². The molecule has 0 unspecified atom stereocenters. The minimum Gasteiger partial charge on any atom is -0.486 e. The van der Waals surface area contributed by atoms with Gasteiger partial charge in [-0.25, -0.2) is 19.4 Å². The van der Waals surface area contributed by atoms with E-state index in [1.54, 1.807) is 36.7 Å². The largest absolute Gasteiger partial charge is 0.509 e. The van der Waals surface area contributed by atoms with Crippen molar-refractivity contribution in [3.63, 3.8) is 0 Å². The topological polar surface area (TPSA) is 141 Å². The molecule has 2 aromatic carbocycles. The lowest BCUT2D eigenvalue weighted by molar-refractivity contribution is 0.0282. The van der Waals surface area contributed by atoms with Gasteiger partial charge < -0.3 is 14.2 Å². The van der Waals surface area contributed by atoms with Gasteiger partial charge in [0.1, 0.15) is 6.10 Å². The molecule has 0 bridgehead atoms. The number of nitrogens with one attached hydrogen (secondary N) is 1. The van der Waals surface area contributed by atoms with Gasteiger partial charge in [0.15, 0.2) is 17.8 Å². The van der Waals surface area contributed by atoms with Crippen LogP contribution in [0.15, 0.2) is 77.9 Å². The highest BCUT2D eigenvalue weighted by Crippen LogP contribution is 2.21. The average Bonchev–Trinajstić information content (AvgIpc) is 3.41. The van der Waals surface area contributed by atoms with E-state index in [0.29, 0.717) is 35.8 Å². The molecular formula is C28H24N6O5. The van der Waals surface area contributed by atoms with Crippen LogP contribution in [0, 0.1) is 11.3 Å². The molecule has 1 fully saturated rings.